The van der Waals surface area contributed by atoms with Gasteiger partial charge in [0.2, 0.25) is 5.91 Å². The van der Waals surface area contributed by atoms with E-state index in [-0.39, 0.29) is 11.8 Å². The predicted octanol–water partition coefficient (Wildman–Crippen LogP) is 2.12. The molecule has 2 aliphatic rings. The first kappa shape index (κ1) is 25.7. The van der Waals surface area contributed by atoms with E-state index in [1.165, 1.54) is 12.8 Å². The average Bonchev–Trinajstić information content (AvgIpc) is 3.31. The molecule has 2 heterocycles. The van der Waals surface area contributed by atoms with E-state index in [4.69, 9.17) is 17.3 Å². The monoisotopic (exact) mass is 510 g/mol. The van der Waals surface area contributed by atoms with E-state index in [9.17, 15) is 14.4 Å². The van der Waals surface area contributed by atoms with Gasteiger partial charge in [-0.25, -0.2) is 0 Å². The number of nitrogens with two attached hydrogens (primary N) is 1. The summed E-state index contributed by atoms with van der Waals surface area (Å²) in [6, 6.07) is 12.2. The van der Waals surface area contributed by atoms with Crippen LogP contribution in [0.25, 0.3) is 0 Å². The number of anilines is 1. The van der Waals surface area contributed by atoms with Crippen molar-refractivity contribution in [1.29, 1.82) is 0 Å². The molecule has 1 saturated heterocycles. The van der Waals surface area contributed by atoms with Crippen molar-refractivity contribution in [2.24, 2.45) is 16.6 Å². The van der Waals surface area contributed by atoms with Gasteiger partial charge < -0.3 is 26.6 Å². The lowest BCUT2D eigenvalue weighted by molar-refractivity contribution is -0.131. The van der Waals surface area contributed by atoms with Crippen LogP contribution in [0, 0.1) is 5.92 Å². The zero-order valence-corrected chi connectivity index (χ0v) is 20.9. The largest absolute Gasteiger partial charge is 0.367 e. The number of likely N-dealkylation sites (tertiary alicyclic amines) is 1. The van der Waals surface area contributed by atoms with E-state index in [2.05, 4.69) is 32.8 Å². The summed E-state index contributed by atoms with van der Waals surface area (Å²) in [6.45, 7) is 5.47. The third kappa shape index (κ3) is 5.37. The van der Waals surface area contributed by atoms with Gasteiger partial charge in [-0.05, 0) is 55.1 Å². The van der Waals surface area contributed by atoms with Crippen molar-refractivity contribution in [1.82, 2.24) is 15.5 Å². The van der Waals surface area contributed by atoms with Crippen LogP contribution >= 0.6 is 11.6 Å². The summed E-state index contributed by atoms with van der Waals surface area (Å²) >= 11 is 6.11. The fourth-order valence-corrected chi connectivity index (χ4v) is 5.06. The van der Waals surface area contributed by atoms with Gasteiger partial charge in [0.25, 0.3) is 11.8 Å². The van der Waals surface area contributed by atoms with Crippen LogP contribution < -0.4 is 21.7 Å². The molecule has 5 N–H and O–H groups in total. The number of halogens is 1. The molecule has 1 fully saturated rings. The van der Waals surface area contributed by atoms with Crippen molar-refractivity contribution in [3.8, 4) is 0 Å². The van der Waals surface area contributed by atoms with Crippen LogP contribution in [0.2, 0.25) is 5.02 Å². The first-order valence-electron chi connectivity index (χ1n) is 12.1. The van der Waals surface area contributed by atoms with Crippen LogP contribution in [0.1, 0.15) is 35.7 Å². The Hall–Kier alpha value is -3.43. The minimum Gasteiger partial charge on any atom is -0.367 e. The molecule has 3 atom stereocenters. The lowest BCUT2D eigenvalue weighted by Gasteiger charge is -2.32. The van der Waals surface area contributed by atoms with E-state index in [0.29, 0.717) is 34.3 Å². The van der Waals surface area contributed by atoms with Crippen LogP contribution in [0.3, 0.4) is 0 Å². The Morgan fingerprint density at radius 2 is 1.94 bits per heavy atom. The topological polar surface area (TPSA) is 129 Å². The van der Waals surface area contributed by atoms with Gasteiger partial charge in [0.15, 0.2) is 11.6 Å². The van der Waals surface area contributed by atoms with Gasteiger partial charge in [-0.2, -0.15) is 0 Å². The second-order valence-electron chi connectivity index (χ2n) is 9.35. The molecule has 0 aromatic heterocycles. The normalized spacial score (nSPS) is 23.6. The Morgan fingerprint density at radius 1 is 1.19 bits per heavy atom. The van der Waals surface area contributed by atoms with Crippen LogP contribution in [-0.2, 0) is 15.1 Å². The predicted molar refractivity (Wildman–Crippen MR) is 140 cm³/mol. The molecule has 2 aromatic rings. The van der Waals surface area contributed by atoms with E-state index in [1.54, 1.807) is 48.5 Å². The summed E-state index contributed by atoms with van der Waals surface area (Å²) in [5.74, 6) is -0.812. The zero-order chi connectivity index (χ0) is 25.7. The smallest absolute Gasteiger partial charge is 0.257 e. The van der Waals surface area contributed by atoms with Gasteiger partial charge in [0.1, 0.15) is 0 Å². The first-order valence-corrected chi connectivity index (χ1v) is 12.4. The van der Waals surface area contributed by atoms with Gasteiger partial charge in [0, 0.05) is 25.3 Å². The molecule has 190 valence electrons. The number of carbonyl (C=O) groups is 3. The molecule has 36 heavy (non-hydrogen) atoms. The lowest BCUT2D eigenvalue weighted by atomic mass is 9.82. The number of nitrogens with zero attached hydrogens (tertiary/aromatic N) is 2. The number of benzene rings is 2. The molecule has 2 aromatic carbocycles. The van der Waals surface area contributed by atoms with Crippen molar-refractivity contribution in [3.63, 3.8) is 0 Å². The Bertz CT molecular complexity index is 1150. The molecule has 4 rings (SSSR count). The Morgan fingerprint density at radius 3 is 2.64 bits per heavy atom. The minimum atomic E-state index is -1.53. The highest BCUT2D eigenvalue weighted by Crippen LogP contribution is 2.31. The van der Waals surface area contributed by atoms with Crippen molar-refractivity contribution < 1.29 is 14.4 Å². The van der Waals surface area contributed by atoms with Gasteiger partial charge in [-0.1, -0.05) is 42.8 Å². The second kappa shape index (κ2) is 11.1. The van der Waals surface area contributed by atoms with Gasteiger partial charge in [-0.3, -0.25) is 19.4 Å². The lowest BCUT2D eigenvalue weighted by Crippen LogP contribution is -2.60. The van der Waals surface area contributed by atoms with Crippen molar-refractivity contribution in [2.45, 2.75) is 31.3 Å². The van der Waals surface area contributed by atoms with Crippen LogP contribution in [0.15, 0.2) is 53.5 Å². The Labute approximate surface area is 215 Å². The Kier molecular flexibility index (Phi) is 7.91. The number of nitrogens with one attached hydrogen (secondary N) is 3. The van der Waals surface area contributed by atoms with Gasteiger partial charge >= 0.3 is 0 Å². The molecule has 3 unspecified atom stereocenters. The fourth-order valence-electron chi connectivity index (χ4n) is 4.84. The number of aliphatic imine (C=N–C) groups is 1. The summed E-state index contributed by atoms with van der Waals surface area (Å²) in [6.07, 6.45) is 3.73. The molecule has 9 nitrogen and oxygen atoms in total. The molecular formula is C26H31ClN6O3. The number of hydrogen-bond acceptors (Lipinski definition) is 6. The van der Waals surface area contributed by atoms with Gasteiger partial charge in [-0.15, -0.1) is 0 Å². The SMILES string of the molecule is CC1CCCN(CCNC(=O)C2N=CNC2(C(N)=O)c2ccc(NC(=O)c3ccccc3Cl)cc2)C1. The molecular weight excluding hydrogens is 480 g/mol. The summed E-state index contributed by atoms with van der Waals surface area (Å²) in [7, 11) is 0. The van der Waals surface area contributed by atoms with Crippen molar-refractivity contribution in [3.05, 3.63) is 64.7 Å². The molecule has 0 radical (unpaired) electrons. The van der Waals surface area contributed by atoms with E-state index in [1.807, 2.05) is 0 Å². The molecule has 0 bridgehead atoms. The molecule has 0 saturated carbocycles. The number of rotatable bonds is 8. The van der Waals surface area contributed by atoms with Crippen molar-refractivity contribution >= 4 is 41.3 Å². The quantitative estimate of drug-likeness (QED) is 0.432. The summed E-state index contributed by atoms with van der Waals surface area (Å²) in [5.41, 5.74) is 5.59. The molecule has 10 heteroatoms. The van der Waals surface area contributed by atoms with Crippen molar-refractivity contribution in [2.75, 3.05) is 31.5 Å². The Balaban J connectivity index is 1.44. The number of amides is 3. The number of hydrogen-bond donors (Lipinski definition) is 4. The minimum absolute atomic E-state index is 0.343. The van der Waals surface area contributed by atoms with E-state index in [0.717, 1.165) is 26.1 Å². The highest BCUT2D eigenvalue weighted by molar-refractivity contribution is 6.34. The highest BCUT2D eigenvalue weighted by atomic mass is 35.5. The maximum absolute atomic E-state index is 13.1. The highest BCUT2D eigenvalue weighted by Gasteiger charge is 2.52. The summed E-state index contributed by atoms with van der Waals surface area (Å²) < 4.78 is 0. The molecule has 2 aliphatic heterocycles. The van der Waals surface area contributed by atoms with Crippen LogP contribution in [-0.4, -0.2) is 61.2 Å². The van der Waals surface area contributed by atoms with E-state index < -0.39 is 17.5 Å². The van der Waals surface area contributed by atoms with E-state index >= 15 is 0 Å². The summed E-state index contributed by atoms with van der Waals surface area (Å²) in [4.78, 5) is 44.9. The molecule has 0 aliphatic carbocycles. The third-order valence-electron chi connectivity index (χ3n) is 6.75. The maximum Gasteiger partial charge on any atom is 0.257 e. The average molecular weight is 511 g/mol. The number of carbonyl (C=O) groups excluding carboxylic acids is 3. The number of piperidine rings is 1. The van der Waals surface area contributed by atoms with Crippen LogP contribution in [0.5, 0.6) is 0 Å². The molecule has 3 amide bonds. The second-order valence-corrected chi connectivity index (χ2v) is 9.75. The first-order chi connectivity index (χ1) is 17.3. The fraction of sp³-hybridized carbons (Fsp3) is 0.385. The molecule has 0 spiro atoms. The van der Waals surface area contributed by atoms with Crippen LogP contribution in [0.4, 0.5) is 5.69 Å². The maximum atomic E-state index is 13.1. The number of primary amides is 1. The summed E-state index contributed by atoms with van der Waals surface area (Å²) in [5, 5.41) is 8.95. The van der Waals surface area contributed by atoms with Gasteiger partial charge in [0.05, 0.1) is 16.9 Å². The standard InChI is InChI=1S/C26H31ClN6O3/c1-17-5-4-13-33(15-17)14-12-29-24(35)22-26(25(28)36,31-16-30-22)18-8-10-19(11-9-18)32-23(34)20-6-2-3-7-21(20)27/h2-3,6-11,16-17,22H,4-5,12-15H2,1H3,(H2,28,36)(H,29,35)(H,30,31)(H,32,34). The zero-order valence-electron chi connectivity index (χ0n) is 20.2. The third-order valence-corrected chi connectivity index (χ3v) is 7.08.